The average Bonchev–Trinajstić information content (AvgIpc) is 2.70. The number of hydrogen-bond donors (Lipinski definition) is 1. The van der Waals surface area contributed by atoms with Crippen LogP contribution in [0, 0.1) is 0 Å². The number of carbonyl (C=O) groups is 1. The molecule has 6 heteroatoms. The van der Waals surface area contributed by atoms with Crippen LogP contribution in [0.5, 0.6) is 0 Å². The summed E-state index contributed by atoms with van der Waals surface area (Å²) in [6.07, 6.45) is 4.06. The van der Waals surface area contributed by atoms with E-state index in [-0.39, 0.29) is 0 Å². The van der Waals surface area contributed by atoms with Gasteiger partial charge in [0.2, 0.25) is 0 Å². The summed E-state index contributed by atoms with van der Waals surface area (Å²) in [4.78, 5) is 12.0. The largest absolute Gasteiger partial charge is 0.337 e. The van der Waals surface area contributed by atoms with E-state index in [0.717, 1.165) is 19.4 Å². The molecule has 1 aliphatic rings. The lowest BCUT2D eigenvalue weighted by Crippen LogP contribution is -2.37. The Bertz CT molecular complexity index is 201. The molecule has 0 aliphatic carbocycles. The Labute approximate surface area is 97.9 Å². The molecule has 1 unspecified atom stereocenters. The summed E-state index contributed by atoms with van der Waals surface area (Å²) < 4.78 is 24.7. The van der Waals surface area contributed by atoms with Gasteiger partial charge in [-0.1, -0.05) is 22.6 Å². The van der Waals surface area contributed by atoms with Crippen LogP contribution in [-0.2, 0) is 4.79 Å². The zero-order valence-electron chi connectivity index (χ0n) is 9.72. The molecule has 2 N–H and O–H groups in total. The zero-order valence-corrected chi connectivity index (χ0v) is 10.9. The molecule has 1 fully saturated rings. The van der Waals surface area contributed by atoms with Crippen molar-refractivity contribution in [1.82, 2.24) is 4.90 Å². The smallest absolute Gasteiger partial charge is 0.335 e. The van der Waals surface area contributed by atoms with Gasteiger partial charge in [0.1, 0.15) is 0 Å². The summed E-state index contributed by atoms with van der Waals surface area (Å²) in [6, 6.07) is 0. The van der Waals surface area contributed by atoms with E-state index < -0.39 is 11.6 Å². The summed E-state index contributed by atoms with van der Waals surface area (Å²) in [7, 11) is 1.26. The van der Waals surface area contributed by atoms with E-state index in [1.807, 2.05) is 0 Å². The van der Waals surface area contributed by atoms with E-state index in [9.17, 15) is 13.6 Å². The van der Waals surface area contributed by atoms with Gasteiger partial charge in [-0.25, -0.2) is 0 Å². The number of nitrogens with zero attached hydrogens (tertiary/aromatic N) is 1. The maximum Gasteiger partial charge on any atom is 0.335 e. The first kappa shape index (κ1) is 15.7. The number of carbonyl (C=O) groups excluding carboxylic acids is 1. The Balaban J connectivity index is 0.000000385. The van der Waals surface area contributed by atoms with Gasteiger partial charge in [0, 0.05) is 13.1 Å². The van der Waals surface area contributed by atoms with Crippen molar-refractivity contribution in [3.63, 3.8) is 0 Å². The maximum absolute atomic E-state index is 12.3. The number of rotatable bonds is 3. The van der Waals surface area contributed by atoms with Crippen molar-refractivity contribution < 1.29 is 13.6 Å². The maximum atomic E-state index is 12.3. The first-order chi connectivity index (χ1) is 7.43. The van der Waals surface area contributed by atoms with E-state index in [1.165, 1.54) is 27.0 Å². The molecule has 1 heterocycles. The highest BCUT2D eigenvalue weighted by atomic mass is 31.0. The van der Waals surface area contributed by atoms with Crippen LogP contribution in [0.1, 0.15) is 32.6 Å². The summed E-state index contributed by atoms with van der Waals surface area (Å²) in [5.41, 5.74) is 1.87. The third kappa shape index (κ3) is 6.33. The minimum absolute atomic E-state index is 0.475. The Morgan fingerprint density at radius 3 is 2.19 bits per heavy atom. The molecule has 16 heavy (non-hydrogen) atoms. The van der Waals surface area contributed by atoms with Crippen LogP contribution in [0.15, 0.2) is 0 Å². The van der Waals surface area contributed by atoms with Gasteiger partial charge in [-0.2, -0.15) is 8.78 Å². The van der Waals surface area contributed by atoms with E-state index in [4.69, 9.17) is 5.73 Å². The molecular formula is C10H21F2N2OP. The summed E-state index contributed by atoms with van der Waals surface area (Å²) in [5.74, 6) is -1.07. The number of likely N-dealkylation sites (tertiary alicyclic amines) is 1. The minimum atomic E-state index is -3.27. The highest BCUT2D eigenvalue weighted by Crippen LogP contribution is 2.26. The van der Waals surface area contributed by atoms with Gasteiger partial charge in [-0.15, -0.1) is 0 Å². The highest BCUT2D eigenvalue weighted by molar-refractivity contribution is 7.20. The molecule has 1 amide bonds. The normalized spacial score (nSPS) is 15.7. The molecule has 1 saturated heterocycles. The number of unbranched alkanes of at least 4 members (excludes halogenated alkanes) is 1. The monoisotopic (exact) mass is 254 g/mol. The molecular weight excluding hydrogens is 233 g/mol. The third-order valence-corrected chi connectivity index (χ3v) is 2.48. The molecule has 3 nitrogen and oxygen atoms in total. The number of halogens is 2. The number of amides is 1. The van der Waals surface area contributed by atoms with Gasteiger partial charge in [0.15, 0.2) is 0 Å². The first-order valence-electron chi connectivity index (χ1n) is 5.59. The summed E-state index contributed by atoms with van der Waals surface area (Å²) in [5, 5.41) is 0. The number of alkyl halides is 2. The molecule has 0 radical (unpaired) electrons. The van der Waals surface area contributed by atoms with Crippen molar-refractivity contribution in [2.75, 3.05) is 19.6 Å². The van der Waals surface area contributed by atoms with Crippen molar-refractivity contribution in [1.29, 1.82) is 0 Å². The van der Waals surface area contributed by atoms with Crippen molar-refractivity contribution >= 4 is 15.1 Å². The Morgan fingerprint density at radius 2 is 1.94 bits per heavy atom. The Kier molecular flexibility index (Phi) is 7.77. The van der Waals surface area contributed by atoms with E-state index >= 15 is 0 Å². The lowest BCUT2D eigenvalue weighted by Gasteiger charge is -2.18. The predicted octanol–water partition coefficient (Wildman–Crippen LogP) is 1.82. The molecule has 0 bridgehead atoms. The summed E-state index contributed by atoms with van der Waals surface area (Å²) >= 11 is 0. The second-order valence-electron chi connectivity index (χ2n) is 3.76. The Morgan fingerprint density at radius 1 is 1.44 bits per heavy atom. The quantitative estimate of drug-likeness (QED) is 0.781. The molecule has 0 spiro atoms. The molecule has 0 aromatic carbocycles. The second-order valence-corrected chi connectivity index (χ2v) is 4.49. The fourth-order valence-corrected chi connectivity index (χ4v) is 1.52. The molecule has 0 saturated carbocycles. The van der Waals surface area contributed by atoms with Gasteiger partial charge in [-0.05, 0) is 25.8 Å². The highest BCUT2D eigenvalue weighted by Gasteiger charge is 2.37. The molecule has 0 aromatic heterocycles. The van der Waals surface area contributed by atoms with Crippen molar-refractivity contribution in [2.45, 2.75) is 38.3 Å². The topological polar surface area (TPSA) is 46.3 Å². The molecule has 1 atom stereocenters. The van der Waals surface area contributed by atoms with Crippen LogP contribution < -0.4 is 5.73 Å². The SMILES string of the molecule is CCCCN.O=C(N1CCCC1)C(F)(F)P. The zero-order chi connectivity index (χ0) is 12.6. The molecule has 1 rings (SSSR count). The van der Waals surface area contributed by atoms with Crippen LogP contribution in [0.2, 0.25) is 0 Å². The van der Waals surface area contributed by atoms with Gasteiger partial charge in [0.25, 0.3) is 5.91 Å². The van der Waals surface area contributed by atoms with Crippen LogP contribution in [0.3, 0.4) is 0 Å². The summed E-state index contributed by atoms with van der Waals surface area (Å²) in [6.45, 7) is 3.93. The standard InChI is InChI=1S/C6H10F2NOP.C4H11N/c7-6(8,11)5(10)9-3-1-2-4-9;1-2-3-4-5/h1-4,11H2;2-5H2,1H3. The van der Waals surface area contributed by atoms with E-state index in [0.29, 0.717) is 13.1 Å². The minimum Gasteiger partial charge on any atom is -0.337 e. The number of hydrogen-bond acceptors (Lipinski definition) is 2. The van der Waals surface area contributed by atoms with Crippen molar-refractivity contribution in [3.05, 3.63) is 0 Å². The third-order valence-electron chi connectivity index (χ3n) is 2.24. The fraction of sp³-hybridized carbons (Fsp3) is 0.900. The van der Waals surface area contributed by atoms with Crippen molar-refractivity contribution in [2.24, 2.45) is 5.73 Å². The van der Waals surface area contributed by atoms with Gasteiger partial charge < -0.3 is 10.6 Å². The Hall–Kier alpha value is -0.280. The van der Waals surface area contributed by atoms with Crippen LogP contribution in [-0.4, -0.2) is 36.1 Å². The van der Waals surface area contributed by atoms with Crippen LogP contribution in [0.25, 0.3) is 0 Å². The fourth-order valence-electron chi connectivity index (χ4n) is 1.34. The lowest BCUT2D eigenvalue weighted by atomic mass is 10.3. The molecule has 1 aliphatic heterocycles. The molecule has 0 aromatic rings. The first-order valence-corrected chi connectivity index (χ1v) is 6.17. The van der Waals surface area contributed by atoms with Crippen LogP contribution in [0.4, 0.5) is 8.78 Å². The van der Waals surface area contributed by atoms with E-state index in [1.54, 1.807) is 0 Å². The van der Waals surface area contributed by atoms with Gasteiger partial charge >= 0.3 is 5.66 Å². The average molecular weight is 254 g/mol. The van der Waals surface area contributed by atoms with Crippen molar-refractivity contribution in [3.8, 4) is 0 Å². The molecule has 96 valence electrons. The van der Waals surface area contributed by atoms with E-state index in [2.05, 4.69) is 6.92 Å². The van der Waals surface area contributed by atoms with Gasteiger partial charge in [0.05, 0.1) is 0 Å². The second kappa shape index (κ2) is 7.91. The number of nitrogens with two attached hydrogens (primary N) is 1. The van der Waals surface area contributed by atoms with Gasteiger partial charge in [-0.3, -0.25) is 4.79 Å². The predicted molar refractivity (Wildman–Crippen MR) is 64.4 cm³/mol. The van der Waals surface area contributed by atoms with Crippen LogP contribution >= 0.6 is 9.24 Å². The lowest BCUT2D eigenvalue weighted by molar-refractivity contribution is -0.145.